The number of benzene rings is 2. The summed E-state index contributed by atoms with van der Waals surface area (Å²) in [6.07, 6.45) is 0. The zero-order valence-corrected chi connectivity index (χ0v) is 12.5. The van der Waals surface area contributed by atoms with E-state index >= 15 is 0 Å². The van der Waals surface area contributed by atoms with Gasteiger partial charge in [-0.2, -0.15) is 0 Å². The van der Waals surface area contributed by atoms with Crippen LogP contribution in [-0.2, 0) is 0 Å². The summed E-state index contributed by atoms with van der Waals surface area (Å²) < 4.78 is 15.9. The second-order valence-corrected chi connectivity index (χ2v) is 4.91. The van der Waals surface area contributed by atoms with E-state index in [0.717, 1.165) is 0 Å². The molecule has 23 heavy (non-hydrogen) atoms. The highest BCUT2D eigenvalue weighted by Gasteiger charge is 2.25. The summed E-state index contributed by atoms with van der Waals surface area (Å²) in [5.41, 5.74) is 0.864. The zero-order valence-electron chi connectivity index (χ0n) is 12.5. The highest BCUT2D eigenvalue weighted by atomic mass is 16.5. The fourth-order valence-corrected chi connectivity index (χ4v) is 2.32. The summed E-state index contributed by atoms with van der Waals surface area (Å²) in [5, 5.41) is 30.2. The molecule has 0 atom stereocenters. The van der Waals surface area contributed by atoms with Crippen molar-refractivity contribution in [3.05, 3.63) is 36.4 Å². The maximum atomic E-state index is 10.2. The van der Waals surface area contributed by atoms with Gasteiger partial charge >= 0.3 is 11.3 Å². The Morgan fingerprint density at radius 1 is 0.826 bits per heavy atom. The van der Waals surface area contributed by atoms with Crippen LogP contribution in [0.2, 0.25) is 0 Å². The molecular weight excluding hydrogens is 300 g/mol. The molecule has 0 radical (unpaired) electrons. The summed E-state index contributed by atoms with van der Waals surface area (Å²) in [7, 11) is 2.91. The van der Waals surface area contributed by atoms with Crippen molar-refractivity contribution in [1.82, 2.24) is 0 Å². The lowest BCUT2D eigenvalue weighted by atomic mass is 10.1. The van der Waals surface area contributed by atoms with E-state index in [1.807, 2.05) is 0 Å². The van der Waals surface area contributed by atoms with Gasteiger partial charge in [-0.15, -0.1) is 0 Å². The van der Waals surface area contributed by atoms with Gasteiger partial charge in [0.25, 0.3) is 0 Å². The predicted molar refractivity (Wildman–Crippen MR) is 84.2 cm³/mol. The first-order valence-electron chi connectivity index (χ1n) is 6.77. The van der Waals surface area contributed by atoms with E-state index < -0.39 is 0 Å². The number of hydrogen-bond donors (Lipinski definition) is 3. The van der Waals surface area contributed by atoms with E-state index in [1.54, 1.807) is 18.2 Å². The minimum atomic E-state index is -0.147. The molecule has 2 aromatic carbocycles. The smallest absolute Gasteiger partial charge is 0.402 e. The fraction of sp³-hybridized carbons (Fsp3) is 0.118. The second-order valence-electron chi connectivity index (χ2n) is 4.91. The number of phenols is 2. The number of rotatable bonds is 3. The number of methoxy groups -OCH3 is 2. The van der Waals surface area contributed by atoms with E-state index in [9.17, 15) is 15.3 Å². The second kappa shape index (κ2) is 5.57. The summed E-state index contributed by atoms with van der Waals surface area (Å²) in [6, 6.07) is 9.01. The molecule has 0 amide bonds. The van der Waals surface area contributed by atoms with Gasteiger partial charge in [0.05, 0.1) is 25.8 Å². The van der Waals surface area contributed by atoms with Gasteiger partial charge in [-0.05, 0) is 12.1 Å². The van der Waals surface area contributed by atoms with Gasteiger partial charge < -0.3 is 24.8 Å². The van der Waals surface area contributed by atoms with E-state index in [1.165, 1.54) is 32.4 Å². The van der Waals surface area contributed by atoms with Crippen LogP contribution in [-0.4, -0.2) is 29.5 Å². The Balaban J connectivity index is 2.23. The average Bonchev–Trinajstić information content (AvgIpc) is 2.55. The standard InChI is InChI=1S/C17H14O6/c1-21-10-6-13(19)11-8-14(20)17(23-15(11)7-10)9-3-4-12(18)16(5-9)22-2/h3-8H,1-2H3,(H2-,18,19,20)/p+1. The van der Waals surface area contributed by atoms with E-state index in [-0.39, 0.29) is 28.8 Å². The van der Waals surface area contributed by atoms with Crippen LogP contribution >= 0.6 is 0 Å². The Morgan fingerprint density at radius 3 is 2.30 bits per heavy atom. The number of ether oxygens (including phenoxy) is 2. The summed E-state index contributed by atoms with van der Waals surface area (Å²) >= 11 is 0. The van der Waals surface area contributed by atoms with Crippen LogP contribution in [0.3, 0.4) is 0 Å². The predicted octanol–water partition coefficient (Wildman–Crippen LogP) is 3.51. The minimum absolute atomic E-state index is 0.0177. The normalized spacial score (nSPS) is 10.7. The van der Waals surface area contributed by atoms with Crippen molar-refractivity contribution in [1.29, 1.82) is 0 Å². The highest BCUT2D eigenvalue weighted by molar-refractivity contribution is 5.88. The molecule has 0 saturated heterocycles. The molecule has 0 aliphatic rings. The Labute approximate surface area is 131 Å². The van der Waals surface area contributed by atoms with Crippen LogP contribution in [0.1, 0.15) is 0 Å². The molecule has 3 N–H and O–H groups in total. The molecule has 0 saturated carbocycles. The molecule has 0 unspecified atom stereocenters. The monoisotopic (exact) mass is 315 g/mol. The van der Waals surface area contributed by atoms with Gasteiger partial charge in [-0.3, -0.25) is 0 Å². The lowest BCUT2D eigenvalue weighted by Crippen LogP contribution is -1.87. The first kappa shape index (κ1) is 14.8. The van der Waals surface area contributed by atoms with Gasteiger partial charge in [-0.1, -0.05) is 0 Å². The molecule has 1 heterocycles. The third kappa shape index (κ3) is 2.55. The molecule has 6 heteroatoms. The van der Waals surface area contributed by atoms with Gasteiger partial charge in [0.15, 0.2) is 11.5 Å². The molecule has 0 fully saturated rings. The number of aromatic hydroxyl groups is 3. The summed E-state index contributed by atoms with van der Waals surface area (Å²) in [6.45, 7) is 0. The molecule has 118 valence electrons. The molecule has 1 aromatic heterocycles. The van der Waals surface area contributed by atoms with Crippen molar-refractivity contribution in [3.8, 4) is 40.1 Å². The van der Waals surface area contributed by atoms with Crippen LogP contribution in [0.25, 0.3) is 22.3 Å². The summed E-state index contributed by atoms with van der Waals surface area (Å²) in [5.74, 6) is 0.641. The van der Waals surface area contributed by atoms with Crippen molar-refractivity contribution in [2.75, 3.05) is 14.2 Å². The highest BCUT2D eigenvalue weighted by Crippen LogP contribution is 2.40. The molecule has 3 aromatic rings. The van der Waals surface area contributed by atoms with Gasteiger partial charge in [0.2, 0.25) is 5.75 Å². The van der Waals surface area contributed by atoms with Crippen molar-refractivity contribution in [2.45, 2.75) is 0 Å². The Hall–Kier alpha value is -3.15. The Bertz CT molecular complexity index is 888. The first-order valence-corrected chi connectivity index (χ1v) is 6.77. The molecule has 0 aliphatic carbocycles. The third-order valence-electron chi connectivity index (χ3n) is 3.50. The van der Waals surface area contributed by atoms with E-state index in [4.69, 9.17) is 13.9 Å². The maximum Gasteiger partial charge on any atom is 0.402 e. The van der Waals surface area contributed by atoms with Crippen LogP contribution in [0.15, 0.2) is 40.8 Å². The number of hydrogen-bond acceptors (Lipinski definition) is 5. The fourth-order valence-electron chi connectivity index (χ4n) is 2.32. The lowest BCUT2D eigenvalue weighted by Gasteiger charge is -2.04. The van der Waals surface area contributed by atoms with Gasteiger partial charge in [-0.25, -0.2) is 4.42 Å². The minimum Gasteiger partial charge on any atom is -0.507 e. The van der Waals surface area contributed by atoms with E-state index in [2.05, 4.69) is 0 Å². The molecule has 0 aliphatic heterocycles. The topological polar surface area (TPSA) is 90.5 Å². The molecule has 3 rings (SSSR count). The molecule has 6 nitrogen and oxygen atoms in total. The Kier molecular flexibility index (Phi) is 3.57. The van der Waals surface area contributed by atoms with Gasteiger partial charge in [0.1, 0.15) is 16.9 Å². The van der Waals surface area contributed by atoms with Crippen molar-refractivity contribution < 1.29 is 29.2 Å². The van der Waals surface area contributed by atoms with Gasteiger partial charge in [0, 0.05) is 18.2 Å². The quantitative estimate of drug-likeness (QED) is 0.641. The number of phenolic OH excluding ortho intramolecular Hbond substituents is 2. The zero-order chi connectivity index (χ0) is 16.6. The first-order chi connectivity index (χ1) is 11.0. The lowest BCUT2D eigenvalue weighted by molar-refractivity contribution is 0.373. The largest absolute Gasteiger partial charge is 0.507 e. The maximum absolute atomic E-state index is 10.2. The van der Waals surface area contributed by atoms with Crippen LogP contribution in [0.4, 0.5) is 0 Å². The SMILES string of the molecule is COc1cc(O)c2cc(O)c(-c3ccc(O)c(OC)c3)[o+]c2c1. The average molecular weight is 315 g/mol. The number of fused-ring (bicyclic) bond motifs is 1. The Morgan fingerprint density at radius 2 is 1.61 bits per heavy atom. The van der Waals surface area contributed by atoms with Crippen LogP contribution in [0.5, 0.6) is 28.7 Å². The van der Waals surface area contributed by atoms with Crippen molar-refractivity contribution in [2.24, 2.45) is 0 Å². The summed E-state index contributed by atoms with van der Waals surface area (Å²) in [4.78, 5) is 0. The third-order valence-corrected chi connectivity index (χ3v) is 3.50. The molecule has 0 bridgehead atoms. The van der Waals surface area contributed by atoms with E-state index in [0.29, 0.717) is 22.3 Å². The van der Waals surface area contributed by atoms with Crippen LogP contribution < -0.4 is 9.47 Å². The van der Waals surface area contributed by atoms with Crippen molar-refractivity contribution in [3.63, 3.8) is 0 Å². The van der Waals surface area contributed by atoms with Crippen LogP contribution in [0, 0.1) is 0 Å². The molecular formula is C17H15O6+. The molecule has 0 spiro atoms. The van der Waals surface area contributed by atoms with Crippen molar-refractivity contribution >= 4 is 11.0 Å².